The zero-order valence-electron chi connectivity index (χ0n) is 16.5. The Hall–Kier alpha value is -3.13. The lowest BCUT2D eigenvalue weighted by Gasteiger charge is -2.32. The monoisotopic (exact) mass is 419 g/mol. The molecular formula is C22H21N5O2S. The van der Waals surface area contributed by atoms with Crippen LogP contribution in [0.15, 0.2) is 72.0 Å². The average molecular weight is 420 g/mol. The first-order valence-electron chi connectivity index (χ1n) is 9.99. The number of fused-ring (bicyclic) bond motifs is 1. The van der Waals surface area contributed by atoms with Crippen LogP contribution in [-0.2, 0) is 0 Å². The number of nitrogens with zero attached hydrogens (tertiary/aromatic N) is 5. The summed E-state index contributed by atoms with van der Waals surface area (Å²) in [6, 6.07) is 17.1. The molecular weight excluding hydrogens is 398 g/mol. The van der Waals surface area contributed by atoms with Gasteiger partial charge >= 0.3 is 0 Å². The highest BCUT2D eigenvalue weighted by Gasteiger charge is 2.46. The van der Waals surface area contributed by atoms with Gasteiger partial charge in [0.15, 0.2) is 5.17 Å². The van der Waals surface area contributed by atoms with Gasteiger partial charge in [-0.15, -0.1) is 0 Å². The van der Waals surface area contributed by atoms with Crippen LogP contribution in [0.1, 0.15) is 36.8 Å². The first-order chi connectivity index (χ1) is 14.7. The van der Waals surface area contributed by atoms with E-state index in [1.54, 1.807) is 30.1 Å². The van der Waals surface area contributed by atoms with Gasteiger partial charge in [0.2, 0.25) is 0 Å². The second-order valence-corrected chi connectivity index (χ2v) is 8.40. The predicted octanol–water partition coefficient (Wildman–Crippen LogP) is 4.76. The van der Waals surface area contributed by atoms with Crippen molar-refractivity contribution in [1.82, 2.24) is 14.5 Å². The third kappa shape index (κ3) is 3.08. The minimum absolute atomic E-state index is 0.0101. The van der Waals surface area contributed by atoms with Crippen LogP contribution < -0.4 is 0 Å². The molecule has 7 nitrogen and oxygen atoms in total. The van der Waals surface area contributed by atoms with Crippen molar-refractivity contribution in [3.05, 3.63) is 88.5 Å². The van der Waals surface area contributed by atoms with Crippen LogP contribution in [-0.4, -0.2) is 36.3 Å². The van der Waals surface area contributed by atoms with Gasteiger partial charge in [0, 0.05) is 42.0 Å². The molecule has 4 heterocycles. The Balaban J connectivity index is 1.62. The Bertz CT molecular complexity index is 1110. The molecule has 0 unspecified atom stereocenters. The molecule has 30 heavy (non-hydrogen) atoms. The molecule has 0 N–H and O–H groups in total. The van der Waals surface area contributed by atoms with Crippen LogP contribution in [0.4, 0.5) is 5.69 Å². The molecule has 0 bridgehead atoms. The lowest BCUT2D eigenvalue weighted by Crippen LogP contribution is -2.36. The Kier molecular flexibility index (Phi) is 4.78. The van der Waals surface area contributed by atoms with Gasteiger partial charge in [-0.2, -0.15) is 0 Å². The number of hydrogen-bond donors (Lipinski definition) is 0. The number of nitro benzene ring substituents is 1. The number of hydrogen-bond acceptors (Lipinski definition) is 6. The van der Waals surface area contributed by atoms with E-state index in [9.17, 15) is 10.1 Å². The zero-order chi connectivity index (χ0) is 20.7. The Morgan fingerprint density at radius 2 is 2.10 bits per heavy atom. The van der Waals surface area contributed by atoms with Gasteiger partial charge in [0.05, 0.1) is 16.3 Å². The van der Waals surface area contributed by atoms with Crippen LogP contribution in [0.2, 0.25) is 0 Å². The summed E-state index contributed by atoms with van der Waals surface area (Å²) in [4.78, 5) is 23.0. The summed E-state index contributed by atoms with van der Waals surface area (Å²) in [5, 5.41) is 12.4. The number of rotatable bonds is 5. The summed E-state index contributed by atoms with van der Waals surface area (Å²) in [7, 11) is 0. The number of aliphatic imine (C=N–C) groups is 1. The van der Waals surface area contributed by atoms with E-state index in [2.05, 4.69) is 22.9 Å². The molecule has 0 spiro atoms. The largest absolute Gasteiger partial charge is 0.337 e. The fraction of sp³-hybridized carbons (Fsp3) is 0.273. The van der Waals surface area contributed by atoms with E-state index in [1.165, 1.54) is 6.07 Å². The van der Waals surface area contributed by atoms with Gasteiger partial charge in [-0.1, -0.05) is 30.8 Å². The highest BCUT2D eigenvalue weighted by atomic mass is 32.2. The number of thioether (sulfide) groups is 1. The molecule has 8 heteroatoms. The first kappa shape index (κ1) is 18.9. The Morgan fingerprint density at radius 1 is 1.20 bits per heavy atom. The third-order valence-corrected chi connectivity index (χ3v) is 6.86. The minimum Gasteiger partial charge on any atom is -0.337 e. The molecule has 1 saturated heterocycles. The molecule has 5 rings (SSSR count). The zero-order valence-corrected chi connectivity index (χ0v) is 17.3. The van der Waals surface area contributed by atoms with Gasteiger partial charge < -0.3 is 9.47 Å². The average Bonchev–Trinajstić information content (AvgIpc) is 3.49. The molecule has 2 aliphatic heterocycles. The predicted molar refractivity (Wildman–Crippen MR) is 118 cm³/mol. The number of pyridine rings is 1. The smallest absolute Gasteiger partial charge is 0.271 e. The van der Waals surface area contributed by atoms with Crippen molar-refractivity contribution in [3.8, 4) is 5.69 Å². The van der Waals surface area contributed by atoms with Crippen molar-refractivity contribution < 1.29 is 4.92 Å². The molecule has 0 saturated carbocycles. The number of nitro groups is 1. The minimum atomic E-state index is -0.357. The van der Waals surface area contributed by atoms with E-state index in [-0.39, 0.29) is 22.7 Å². The lowest BCUT2D eigenvalue weighted by molar-refractivity contribution is -0.384. The van der Waals surface area contributed by atoms with Crippen molar-refractivity contribution in [2.45, 2.75) is 31.5 Å². The number of benzene rings is 1. The molecule has 152 valence electrons. The number of amidine groups is 1. The van der Waals surface area contributed by atoms with Crippen LogP contribution in [0.25, 0.3) is 5.69 Å². The van der Waals surface area contributed by atoms with Gasteiger partial charge in [-0.05, 0) is 36.8 Å². The van der Waals surface area contributed by atoms with E-state index in [4.69, 9.17) is 4.99 Å². The first-order valence-corrected chi connectivity index (χ1v) is 11.0. The van der Waals surface area contributed by atoms with Crippen molar-refractivity contribution in [2.75, 3.05) is 5.75 Å². The van der Waals surface area contributed by atoms with E-state index >= 15 is 0 Å². The SMILES string of the molecule is CC[C@H]1CSC2=N[C@@H](c3ccccn3)[C@@H](c3cccn3-c3cccc([N+](=O)[O-])c3)N21. The highest BCUT2D eigenvalue weighted by Crippen LogP contribution is 2.48. The molecule has 2 aromatic heterocycles. The van der Waals surface area contributed by atoms with Crippen molar-refractivity contribution in [1.29, 1.82) is 0 Å². The van der Waals surface area contributed by atoms with Crippen LogP contribution in [0, 0.1) is 10.1 Å². The van der Waals surface area contributed by atoms with Crippen molar-refractivity contribution >= 4 is 22.6 Å². The molecule has 1 aromatic carbocycles. The summed E-state index contributed by atoms with van der Waals surface area (Å²) in [5.74, 6) is 1.03. The summed E-state index contributed by atoms with van der Waals surface area (Å²) in [6.07, 6.45) is 4.81. The lowest BCUT2D eigenvalue weighted by atomic mass is 9.99. The second-order valence-electron chi connectivity index (χ2n) is 7.42. The quantitative estimate of drug-likeness (QED) is 0.440. The molecule has 3 atom stereocenters. The Labute approximate surface area is 178 Å². The molecule has 0 amide bonds. The molecule has 0 aliphatic carbocycles. The molecule has 0 radical (unpaired) electrons. The van der Waals surface area contributed by atoms with E-state index in [0.717, 1.165) is 34.4 Å². The van der Waals surface area contributed by atoms with Crippen LogP contribution in [0.5, 0.6) is 0 Å². The van der Waals surface area contributed by atoms with E-state index in [1.807, 2.05) is 41.1 Å². The summed E-state index contributed by atoms with van der Waals surface area (Å²) in [5.41, 5.74) is 2.86. The number of aromatic nitrogens is 2. The maximum Gasteiger partial charge on any atom is 0.271 e. The van der Waals surface area contributed by atoms with Gasteiger partial charge in [0.25, 0.3) is 5.69 Å². The fourth-order valence-electron chi connectivity index (χ4n) is 4.30. The van der Waals surface area contributed by atoms with Crippen LogP contribution in [0.3, 0.4) is 0 Å². The molecule has 3 aromatic rings. The topological polar surface area (TPSA) is 76.6 Å². The number of non-ortho nitro benzene ring substituents is 1. The summed E-state index contributed by atoms with van der Waals surface area (Å²) >= 11 is 1.80. The van der Waals surface area contributed by atoms with Crippen LogP contribution >= 0.6 is 11.8 Å². The van der Waals surface area contributed by atoms with Gasteiger partial charge in [-0.25, -0.2) is 0 Å². The van der Waals surface area contributed by atoms with Gasteiger partial charge in [-0.3, -0.25) is 20.1 Å². The normalized spacial score (nSPS) is 22.8. The third-order valence-electron chi connectivity index (χ3n) is 5.73. The molecule has 2 aliphatic rings. The summed E-state index contributed by atoms with van der Waals surface area (Å²) in [6.45, 7) is 2.21. The standard InChI is InChI=1S/C22H21N5O2S/c1-2-15-14-30-22-24-20(18-9-3-4-11-23-18)21(26(15)22)19-10-6-12-25(19)16-7-5-8-17(13-16)27(28)29/h3-13,15,20-21H,2,14H2,1H3/t15-,20-,21+/m0/s1. The fourth-order valence-corrected chi connectivity index (χ4v) is 5.64. The maximum absolute atomic E-state index is 11.3. The van der Waals surface area contributed by atoms with Gasteiger partial charge in [0.1, 0.15) is 12.1 Å². The Morgan fingerprint density at radius 3 is 2.87 bits per heavy atom. The van der Waals surface area contributed by atoms with Crippen molar-refractivity contribution in [3.63, 3.8) is 0 Å². The van der Waals surface area contributed by atoms with Crippen molar-refractivity contribution in [2.24, 2.45) is 4.99 Å². The maximum atomic E-state index is 11.3. The second kappa shape index (κ2) is 7.60. The van der Waals surface area contributed by atoms with E-state index < -0.39 is 0 Å². The molecule has 1 fully saturated rings. The summed E-state index contributed by atoms with van der Waals surface area (Å²) < 4.78 is 2.04. The van der Waals surface area contributed by atoms with E-state index in [0.29, 0.717) is 6.04 Å². The highest BCUT2D eigenvalue weighted by molar-refractivity contribution is 8.14.